The molecular formula is C12H7ClO4. The standard InChI is InChI=1S/C12H7ClO4/c13-8-1-3-10-7(5-8)6-11(17-10)9(14)2-4-12(15)16/h1-6H,(H,15,16)/b4-2+. The fourth-order valence-electron chi connectivity index (χ4n) is 1.36. The average molecular weight is 251 g/mol. The fraction of sp³-hybridized carbons (Fsp3) is 0. The lowest BCUT2D eigenvalue weighted by molar-refractivity contribution is -0.131. The molecule has 0 aliphatic carbocycles. The van der Waals surface area contributed by atoms with E-state index in [9.17, 15) is 9.59 Å². The molecule has 0 radical (unpaired) electrons. The minimum absolute atomic E-state index is 0.0831. The third-order valence-electron chi connectivity index (χ3n) is 2.10. The van der Waals surface area contributed by atoms with Crippen molar-refractivity contribution in [3.63, 3.8) is 0 Å². The molecule has 0 amide bonds. The normalized spacial score (nSPS) is 11.1. The summed E-state index contributed by atoms with van der Waals surface area (Å²) < 4.78 is 5.26. The van der Waals surface area contributed by atoms with E-state index in [0.29, 0.717) is 16.0 Å². The lowest BCUT2D eigenvalue weighted by atomic mass is 10.2. The van der Waals surface area contributed by atoms with Crippen LogP contribution in [-0.4, -0.2) is 16.9 Å². The number of fused-ring (bicyclic) bond motifs is 1. The van der Waals surface area contributed by atoms with Crippen LogP contribution in [-0.2, 0) is 4.79 Å². The largest absolute Gasteiger partial charge is 0.478 e. The van der Waals surface area contributed by atoms with E-state index in [1.54, 1.807) is 18.2 Å². The van der Waals surface area contributed by atoms with Crippen LogP contribution in [0.25, 0.3) is 11.0 Å². The topological polar surface area (TPSA) is 67.5 Å². The number of hydrogen-bond acceptors (Lipinski definition) is 3. The fourth-order valence-corrected chi connectivity index (χ4v) is 1.55. The monoisotopic (exact) mass is 250 g/mol. The molecular weight excluding hydrogens is 244 g/mol. The lowest BCUT2D eigenvalue weighted by Gasteiger charge is -1.88. The molecule has 0 atom stereocenters. The van der Waals surface area contributed by atoms with Crippen molar-refractivity contribution in [3.05, 3.63) is 47.2 Å². The maximum absolute atomic E-state index is 11.5. The molecule has 1 heterocycles. The van der Waals surface area contributed by atoms with Crippen LogP contribution in [0.2, 0.25) is 5.02 Å². The van der Waals surface area contributed by atoms with E-state index < -0.39 is 11.8 Å². The molecule has 4 nitrogen and oxygen atoms in total. The van der Waals surface area contributed by atoms with Gasteiger partial charge in [-0.1, -0.05) is 11.6 Å². The molecule has 0 saturated heterocycles. The van der Waals surface area contributed by atoms with Gasteiger partial charge in [-0.25, -0.2) is 4.79 Å². The van der Waals surface area contributed by atoms with Gasteiger partial charge in [0.1, 0.15) is 5.58 Å². The maximum Gasteiger partial charge on any atom is 0.328 e. The van der Waals surface area contributed by atoms with Crippen molar-refractivity contribution in [2.24, 2.45) is 0 Å². The molecule has 0 aliphatic heterocycles. The second kappa shape index (κ2) is 4.43. The lowest BCUT2D eigenvalue weighted by Crippen LogP contribution is -1.94. The van der Waals surface area contributed by atoms with E-state index >= 15 is 0 Å². The van der Waals surface area contributed by atoms with E-state index in [1.165, 1.54) is 6.07 Å². The molecule has 0 spiro atoms. The van der Waals surface area contributed by atoms with Crippen molar-refractivity contribution in [1.82, 2.24) is 0 Å². The van der Waals surface area contributed by atoms with E-state index in [0.717, 1.165) is 12.2 Å². The summed E-state index contributed by atoms with van der Waals surface area (Å²) in [5.41, 5.74) is 0.529. The summed E-state index contributed by atoms with van der Waals surface area (Å²) in [6, 6.07) is 6.48. The van der Waals surface area contributed by atoms with Gasteiger partial charge in [0.2, 0.25) is 5.78 Å². The first-order valence-corrected chi connectivity index (χ1v) is 5.08. The van der Waals surface area contributed by atoms with Gasteiger partial charge in [0.05, 0.1) is 0 Å². The quantitative estimate of drug-likeness (QED) is 0.672. The Morgan fingerprint density at radius 2 is 2.00 bits per heavy atom. The maximum atomic E-state index is 11.5. The van der Waals surface area contributed by atoms with Gasteiger partial charge in [0, 0.05) is 16.5 Å². The van der Waals surface area contributed by atoms with Gasteiger partial charge in [-0.3, -0.25) is 4.79 Å². The summed E-state index contributed by atoms with van der Waals surface area (Å²) in [6.07, 6.45) is 1.71. The van der Waals surface area contributed by atoms with Gasteiger partial charge in [-0.2, -0.15) is 0 Å². The van der Waals surface area contributed by atoms with Crippen LogP contribution in [0.5, 0.6) is 0 Å². The van der Waals surface area contributed by atoms with Crippen LogP contribution in [0, 0.1) is 0 Å². The predicted octanol–water partition coefficient (Wildman–Crippen LogP) is 2.91. The molecule has 1 N–H and O–H groups in total. The number of carbonyl (C=O) groups is 2. The summed E-state index contributed by atoms with van der Waals surface area (Å²) in [7, 11) is 0. The van der Waals surface area contributed by atoms with Crippen molar-refractivity contribution in [2.75, 3.05) is 0 Å². The molecule has 5 heteroatoms. The van der Waals surface area contributed by atoms with Crippen LogP contribution in [0.3, 0.4) is 0 Å². The summed E-state index contributed by atoms with van der Waals surface area (Å²) in [6.45, 7) is 0. The van der Waals surface area contributed by atoms with Crippen molar-refractivity contribution in [2.45, 2.75) is 0 Å². The number of carbonyl (C=O) groups excluding carboxylic acids is 1. The van der Waals surface area contributed by atoms with Crippen molar-refractivity contribution in [1.29, 1.82) is 0 Å². The molecule has 0 bridgehead atoms. The first-order chi connectivity index (χ1) is 8.06. The van der Waals surface area contributed by atoms with Gasteiger partial charge >= 0.3 is 5.97 Å². The van der Waals surface area contributed by atoms with Crippen LogP contribution < -0.4 is 0 Å². The van der Waals surface area contributed by atoms with Gasteiger partial charge in [0.25, 0.3) is 0 Å². The Labute approximate surface area is 101 Å². The summed E-state index contributed by atoms with van der Waals surface area (Å²) >= 11 is 5.79. The Balaban J connectivity index is 2.36. The molecule has 2 rings (SSSR count). The van der Waals surface area contributed by atoms with E-state index in [4.69, 9.17) is 21.1 Å². The molecule has 86 valence electrons. The molecule has 1 aromatic heterocycles. The summed E-state index contributed by atoms with van der Waals surface area (Å²) in [5.74, 6) is -1.60. The SMILES string of the molecule is O=C(O)/C=C/C(=O)c1cc2cc(Cl)ccc2o1. The highest BCUT2D eigenvalue weighted by Crippen LogP contribution is 2.23. The number of ketones is 1. The Bertz CT molecular complexity index is 624. The van der Waals surface area contributed by atoms with Gasteiger partial charge in [-0.15, -0.1) is 0 Å². The summed E-state index contributed by atoms with van der Waals surface area (Å²) in [5, 5.41) is 9.64. The third-order valence-corrected chi connectivity index (χ3v) is 2.33. The molecule has 0 aliphatic rings. The van der Waals surface area contributed by atoms with Crippen LogP contribution in [0.15, 0.2) is 40.8 Å². The third kappa shape index (κ3) is 2.54. The number of carboxylic acid groups (broad SMARTS) is 1. The Kier molecular flexibility index (Phi) is 2.97. The first kappa shape index (κ1) is 11.4. The number of hydrogen-bond donors (Lipinski definition) is 1. The van der Waals surface area contributed by atoms with Crippen LogP contribution in [0.4, 0.5) is 0 Å². The van der Waals surface area contributed by atoms with Crippen molar-refractivity contribution in [3.8, 4) is 0 Å². The number of carboxylic acids is 1. The minimum atomic E-state index is -1.18. The first-order valence-electron chi connectivity index (χ1n) is 4.71. The second-order valence-electron chi connectivity index (χ2n) is 3.33. The molecule has 0 saturated carbocycles. The van der Waals surface area contributed by atoms with Gasteiger partial charge in [0.15, 0.2) is 5.76 Å². The Morgan fingerprint density at radius 3 is 2.71 bits per heavy atom. The Hall–Kier alpha value is -2.07. The molecule has 2 aromatic rings. The highest BCUT2D eigenvalue weighted by Gasteiger charge is 2.10. The highest BCUT2D eigenvalue weighted by molar-refractivity contribution is 6.31. The highest BCUT2D eigenvalue weighted by atomic mass is 35.5. The van der Waals surface area contributed by atoms with E-state index in [1.807, 2.05) is 0 Å². The smallest absolute Gasteiger partial charge is 0.328 e. The average Bonchev–Trinajstić information content (AvgIpc) is 2.68. The van der Waals surface area contributed by atoms with Gasteiger partial charge < -0.3 is 9.52 Å². The zero-order valence-electron chi connectivity index (χ0n) is 8.51. The number of aliphatic carboxylic acids is 1. The molecule has 17 heavy (non-hydrogen) atoms. The van der Waals surface area contributed by atoms with Crippen LogP contribution in [0.1, 0.15) is 10.6 Å². The molecule has 0 fully saturated rings. The van der Waals surface area contributed by atoms with E-state index in [-0.39, 0.29) is 5.76 Å². The number of halogens is 1. The van der Waals surface area contributed by atoms with E-state index in [2.05, 4.69) is 0 Å². The number of furan rings is 1. The zero-order chi connectivity index (χ0) is 12.4. The van der Waals surface area contributed by atoms with Crippen LogP contribution >= 0.6 is 11.6 Å². The number of benzene rings is 1. The number of rotatable bonds is 3. The number of allylic oxidation sites excluding steroid dienone is 1. The minimum Gasteiger partial charge on any atom is -0.478 e. The van der Waals surface area contributed by atoms with Crippen molar-refractivity contribution >= 4 is 34.3 Å². The zero-order valence-corrected chi connectivity index (χ0v) is 9.27. The van der Waals surface area contributed by atoms with Crippen molar-refractivity contribution < 1.29 is 19.1 Å². The van der Waals surface area contributed by atoms with Gasteiger partial charge in [-0.05, 0) is 30.3 Å². The molecule has 1 aromatic carbocycles. The molecule has 0 unspecified atom stereocenters. The summed E-state index contributed by atoms with van der Waals surface area (Å²) in [4.78, 5) is 21.8. The Morgan fingerprint density at radius 1 is 1.24 bits per heavy atom. The second-order valence-corrected chi connectivity index (χ2v) is 3.77. The predicted molar refractivity (Wildman–Crippen MR) is 62.3 cm³/mol.